The second kappa shape index (κ2) is 12.4. The molecular formula is C35H36N2O7S. The number of rotatable bonds is 9. The van der Waals surface area contributed by atoms with Crippen molar-refractivity contribution in [3.05, 3.63) is 76.4 Å². The summed E-state index contributed by atoms with van der Waals surface area (Å²) in [5, 5.41) is 12.1. The van der Waals surface area contributed by atoms with Gasteiger partial charge >= 0.3 is 5.91 Å². The van der Waals surface area contributed by atoms with Crippen LogP contribution in [0.15, 0.2) is 54.1 Å². The first-order valence-electron chi connectivity index (χ1n) is 15.1. The van der Waals surface area contributed by atoms with E-state index in [1.807, 2.05) is 32.9 Å². The van der Waals surface area contributed by atoms with Gasteiger partial charge in [-0.25, -0.2) is 4.98 Å². The van der Waals surface area contributed by atoms with Crippen LogP contribution in [0.4, 0.5) is 5.13 Å². The van der Waals surface area contributed by atoms with Crippen molar-refractivity contribution < 1.29 is 33.6 Å². The number of amides is 1. The van der Waals surface area contributed by atoms with Crippen LogP contribution in [0.2, 0.25) is 0 Å². The van der Waals surface area contributed by atoms with Gasteiger partial charge in [0.1, 0.15) is 19.0 Å². The molecule has 1 amide bonds. The molecule has 1 saturated heterocycles. The van der Waals surface area contributed by atoms with E-state index in [1.165, 1.54) is 16.2 Å². The maximum Gasteiger partial charge on any atom is 0.301 e. The van der Waals surface area contributed by atoms with Gasteiger partial charge < -0.3 is 24.1 Å². The Morgan fingerprint density at radius 2 is 1.80 bits per heavy atom. The van der Waals surface area contributed by atoms with Crippen molar-refractivity contribution in [1.82, 2.24) is 4.98 Å². The molecule has 0 radical (unpaired) electrons. The summed E-state index contributed by atoms with van der Waals surface area (Å²) in [7, 11) is 0. The Hall–Kier alpha value is -4.57. The van der Waals surface area contributed by atoms with Crippen LogP contribution in [-0.2, 0) is 9.59 Å². The Labute approximate surface area is 266 Å². The minimum Gasteiger partial charge on any atom is -0.507 e. The number of hydrogen-bond acceptors (Lipinski definition) is 9. The van der Waals surface area contributed by atoms with Crippen LogP contribution >= 0.6 is 11.3 Å². The number of ketones is 1. The van der Waals surface area contributed by atoms with Crippen molar-refractivity contribution in [1.29, 1.82) is 0 Å². The Kier molecular flexibility index (Phi) is 8.42. The van der Waals surface area contributed by atoms with Gasteiger partial charge in [-0.1, -0.05) is 37.3 Å². The molecular weight excluding hydrogens is 592 g/mol. The zero-order valence-electron chi connectivity index (χ0n) is 26.0. The number of aliphatic hydroxyl groups excluding tert-OH is 1. The predicted molar refractivity (Wildman–Crippen MR) is 174 cm³/mol. The van der Waals surface area contributed by atoms with Crippen molar-refractivity contribution in [2.45, 2.75) is 47.1 Å². The average molecular weight is 629 g/mol. The van der Waals surface area contributed by atoms with Crippen LogP contribution in [-0.4, -0.2) is 48.2 Å². The maximum atomic E-state index is 13.9. The van der Waals surface area contributed by atoms with Gasteiger partial charge in [-0.05, 0) is 86.2 Å². The van der Waals surface area contributed by atoms with Crippen LogP contribution in [0.25, 0.3) is 16.0 Å². The van der Waals surface area contributed by atoms with Gasteiger partial charge in [-0.2, -0.15) is 0 Å². The van der Waals surface area contributed by atoms with E-state index in [1.54, 1.807) is 36.4 Å². The molecule has 2 aliphatic heterocycles. The first-order valence-corrected chi connectivity index (χ1v) is 16.0. The highest BCUT2D eigenvalue weighted by molar-refractivity contribution is 7.22. The minimum absolute atomic E-state index is 0.0558. The number of hydrogen-bond donors (Lipinski definition) is 1. The van der Waals surface area contributed by atoms with E-state index < -0.39 is 17.7 Å². The molecule has 9 nitrogen and oxygen atoms in total. The number of aliphatic hydroxyl groups is 1. The molecule has 234 valence electrons. The van der Waals surface area contributed by atoms with Crippen molar-refractivity contribution in [3.8, 4) is 23.0 Å². The van der Waals surface area contributed by atoms with Crippen LogP contribution in [0.1, 0.15) is 55.5 Å². The number of carbonyl (C=O) groups is 2. The van der Waals surface area contributed by atoms with Crippen molar-refractivity contribution in [3.63, 3.8) is 0 Å². The summed E-state index contributed by atoms with van der Waals surface area (Å²) in [4.78, 5) is 33.9. The Morgan fingerprint density at radius 1 is 1.02 bits per heavy atom. The average Bonchev–Trinajstić information content (AvgIpc) is 3.55. The third-order valence-electron chi connectivity index (χ3n) is 7.82. The van der Waals surface area contributed by atoms with Gasteiger partial charge in [0.25, 0.3) is 5.78 Å². The molecule has 10 heteroatoms. The molecule has 0 saturated carbocycles. The molecule has 45 heavy (non-hydrogen) atoms. The zero-order chi connectivity index (χ0) is 31.8. The van der Waals surface area contributed by atoms with Crippen molar-refractivity contribution >= 4 is 44.1 Å². The van der Waals surface area contributed by atoms with Crippen molar-refractivity contribution in [2.75, 3.05) is 31.3 Å². The lowest BCUT2D eigenvalue weighted by atomic mass is 9.95. The fourth-order valence-corrected chi connectivity index (χ4v) is 6.81. The Balaban J connectivity index is 1.51. The van der Waals surface area contributed by atoms with Gasteiger partial charge in [0.15, 0.2) is 28.1 Å². The molecule has 2 aliphatic rings. The molecule has 1 N–H and O–H groups in total. The van der Waals surface area contributed by atoms with Crippen LogP contribution in [0.3, 0.4) is 0 Å². The molecule has 0 bridgehead atoms. The minimum atomic E-state index is -0.982. The number of benzene rings is 3. The lowest BCUT2D eigenvalue weighted by molar-refractivity contribution is -0.132. The highest BCUT2D eigenvalue weighted by Gasteiger charge is 2.48. The highest BCUT2D eigenvalue weighted by atomic mass is 32.1. The summed E-state index contributed by atoms with van der Waals surface area (Å²) in [6.07, 6.45) is 0.875. The molecule has 0 spiro atoms. The van der Waals surface area contributed by atoms with E-state index in [4.69, 9.17) is 23.9 Å². The summed E-state index contributed by atoms with van der Waals surface area (Å²) in [6, 6.07) is 13.4. The van der Waals surface area contributed by atoms with E-state index in [2.05, 4.69) is 13.8 Å². The molecule has 1 aromatic heterocycles. The van der Waals surface area contributed by atoms with Gasteiger partial charge in [0.2, 0.25) is 0 Å². The van der Waals surface area contributed by atoms with Gasteiger partial charge in [0, 0.05) is 5.56 Å². The normalized spacial score (nSPS) is 17.4. The lowest BCUT2D eigenvalue weighted by Crippen LogP contribution is -2.29. The monoisotopic (exact) mass is 628 g/mol. The maximum absolute atomic E-state index is 13.9. The van der Waals surface area contributed by atoms with Gasteiger partial charge in [-0.15, -0.1) is 0 Å². The Morgan fingerprint density at radius 3 is 2.56 bits per heavy atom. The van der Waals surface area contributed by atoms with E-state index in [0.29, 0.717) is 71.6 Å². The third kappa shape index (κ3) is 5.82. The fourth-order valence-electron chi connectivity index (χ4n) is 5.64. The molecule has 1 atom stereocenters. The number of thiazole rings is 1. The molecule has 4 aromatic rings. The first kappa shape index (κ1) is 30.5. The molecule has 1 unspecified atom stereocenters. The quantitative estimate of drug-likeness (QED) is 0.118. The standard InChI is InChI=1S/C35H36N2O7S/c1-6-41-26-17-22(7-9-24(26)42-12-11-19(2)3)31-29(32(38)23-8-10-25-27(18-23)44-14-13-43-25)33(39)34(40)37(31)35-36-30-21(5)15-20(4)16-28(30)45-35/h7-10,15-19,31,38H,6,11-14H2,1-5H3/b32-29+. The predicted octanol–water partition coefficient (Wildman–Crippen LogP) is 7.13. The van der Waals surface area contributed by atoms with Crippen LogP contribution < -0.4 is 23.8 Å². The number of fused-ring (bicyclic) bond motifs is 2. The SMILES string of the molecule is CCOc1cc(C2/C(=C(\O)c3ccc4c(c3)OCCO4)C(=O)C(=O)N2c2nc3c(C)cc(C)cc3s2)ccc1OCCC(C)C. The summed E-state index contributed by atoms with van der Waals surface area (Å²) >= 11 is 1.33. The summed E-state index contributed by atoms with van der Waals surface area (Å²) < 4.78 is 24.3. The lowest BCUT2D eigenvalue weighted by Gasteiger charge is -2.24. The number of aromatic nitrogens is 1. The molecule has 6 rings (SSSR count). The third-order valence-corrected chi connectivity index (χ3v) is 8.82. The number of anilines is 1. The number of Topliss-reactive ketones (excluding diaryl/α,β-unsaturated/α-hetero) is 1. The molecule has 3 aromatic carbocycles. The first-order chi connectivity index (χ1) is 21.7. The van der Waals surface area contributed by atoms with Gasteiger partial charge in [-0.3, -0.25) is 14.5 Å². The van der Waals surface area contributed by atoms with Crippen LogP contribution in [0.5, 0.6) is 23.0 Å². The van der Waals surface area contributed by atoms with E-state index in [9.17, 15) is 14.7 Å². The Bertz CT molecular complexity index is 1830. The molecule has 1 fully saturated rings. The highest BCUT2D eigenvalue weighted by Crippen LogP contribution is 2.47. The number of ether oxygens (including phenoxy) is 4. The number of nitrogens with zero attached hydrogens (tertiary/aromatic N) is 2. The number of carbonyl (C=O) groups excluding carboxylic acids is 2. The van der Waals surface area contributed by atoms with Crippen molar-refractivity contribution in [2.24, 2.45) is 5.92 Å². The second-order valence-corrected chi connectivity index (χ2v) is 12.6. The van der Waals surface area contributed by atoms with Gasteiger partial charge in [0.05, 0.1) is 35.0 Å². The van der Waals surface area contributed by atoms with E-state index in [0.717, 1.165) is 27.8 Å². The smallest absolute Gasteiger partial charge is 0.301 e. The second-order valence-electron chi connectivity index (χ2n) is 11.6. The number of aryl methyl sites for hydroxylation is 2. The molecule has 0 aliphatic carbocycles. The largest absolute Gasteiger partial charge is 0.507 e. The van der Waals surface area contributed by atoms with E-state index in [-0.39, 0.29) is 11.3 Å². The topological polar surface area (TPSA) is 107 Å². The zero-order valence-corrected chi connectivity index (χ0v) is 26.8. The van der Waals surface area contributed by atoms with Crippen LogP contribution in [0, 0.1) is 19.8 Å². The summed E-state index contributed by atoms with van der Waals surface area (Å²) in [5.41, 5.74) is 3.65. The summed E-state index contributed by atoms with van der Waals surface area (Å²) in [6.45, 7) is 11.8. The molecule has 3 heterocycles. The summed E-state index contributed by atoms with van der Waals surface area (Å²) in [5.74, 6) is 0.620. The fraction of sp³-hybridized carbons (Fsp3) is 0.343. The van der Waals surface area contributed by atoms with E-state index >= 15 is 0 Å².